The van der Waals surface area contributed by atoms with Gasteiger partial charge in [-0.1, -0.05) is 42.5 Å². The third-order valence-corrected chi connectivity index (χ3v) is 6.04. The Bertz CT molecular complexity index is 905. The molecule has 0 spiro atoms. The summed E-state index contributed by atoms with van der Waals surface area (Å²) >= 11 is 1.40. The minimum absolute atomic E-state index is 0.0610. The Morgan fingerprint density at radius 3 is 2.60 bits per heavy atom. The highest BCUT2D eigenvalue weighted by Gasteiger charge is 2.32. The zero-order chi connectivity index (χ0) is 21.5. The van der Waals surface area contributed by atoms with Gasteiger partial charge < -0.3 is 9.84 Å². The van der Waals surface area contributed by atoms with Crippen LogP contribution < -0.4 is 10.2 Å². The minimum Gasteiger partial charge on any atom is -0.480 e. The Morgan fingerprint density at radius 2 is 1.90 bits per heavy atom. The summed E-state index contributed by atoms with van der Waals surface area (Å²) in [5, 5.41) is 12.4. The van der Waals surface area contributed by atoms with E-state index in [0.717, 1.165) is 10.5 Å². The monoisotopic (exact) mass is 428 g/mol. The first-order valence-corrected chi connectivity index (χ1v) is 10.5. The average Bonchev–Trinajstić information content (AvgIpc) is 2.87. The number of nitrogens with one attached hydrogen (secondary N) is 1. The van der Waals surface area contributed by atoms with Gasteiger partial charge in [0.2, 0.25) is 5.91 Å². The van der Waals surface area contributed by atoms with Crippen LogP contribution in [0, 0.1) is 0 Å². The fourth-order valence-electron chi connectivity index (χ4n) is 3.30. The van der Waals surface area contributed by atoms with E-state index >= 15 is 0 Å². The third kappa shape index (κ3) is 5.61. The number of hydrogen-bond donors (Lipinski definition) is 2. The summed E-state index contributed by atoms with van der Waals surface area (Å²) in [7, 11) is 1.28. The largest absolute Gasteiger partial charge is 0.480 e. The third-order valence-electron chi connectivity index (χ3n) is 4.85. The minimum atomic E-state index is -0.956. The number of carboxylic acids is 1. The van der Waals surface area contributed by atoms with Gasteiger partial charge in [0.05, 0.1) is 24.6 Å². The van der Waals surface area contributed by atoms with Gasteiger partial charge in [-0.15, -0.1) is 11.8 Å². The maximum atomic E-state index is 12.9. The van der Waals surface area contributed by atoms with Crippen molar-refractivity contribution >= 4 is 35.3 Å². The van der Waals surface area contributed by atoms with Gasteiger partial charge in [0, 0.05) is 4.90 Å². The van der Waals surface area contributed by atoms with Gasteiger partial charge in [-0.25, -0.2) is 0 Å². The number of esters is 1. The van der Waals surface area contributed by atoms with Crippen molar-refractivity contribution < 1.29 is 24.2 Å². The number of carboxylic acid groups (broad SMARTS) is 1. The van der Waals surface area contributed by atoms with Crippen LogP contribution in [0.1, 0.15) is 18.4 Å². The molecule has 30 heavy (non-hydrogen) atoms. The van der Waals surface area contributed by atoms with Crippen molar-refractivity contribution in [2.45, 2.75) is 35.6 Å². The van der Waals surface area contributed by atoms with E-state index < -0.39 is 23.4 Å². The highest BCUT2D eigenvalue weighted by atomic mass is 32.2. The number of methoxy groups -OCH3 is 1. The second-order valence-electron chi connectivity index (χ2n) is 6.92. The van der Waals surface area contributed by atoms with Gasteiger partial charge in [-0.05, 0) is 30.5 Å². The Hall–Kier alpha value is -2.84. The number of para-hydroxylation sites is 1. The maximum absolute atomic E-state index is 12.9. The number of benzene rings is 2. The molecule has 8 heteroatoms. The van der Waals surface area contributed by atoms with Crippen LogP contribution in [-0.4, -0.2) is 48.0 Å². The number of ether oxygens (including phenoxy) is 1. The van der Waals surface area contributed by atoms with Crippen LogP contribution in [0.25, 0.3) is 0 Å². The van der Waals surface area contributed by atoms with Gasteiger partial charge in [0.1, 0.15) is 12.6 Å². The summed E-state index contributed by atoms with van der Waals surface area (Å²) in [6, 6.07) is 16.2. The number of aliphatic carboxylic acids is 1. The molecule has 2 aromatic rings. The number of thioether (sulfide) groups is 1. The zero-order valence-electron chi connectivity index (χ0n) is 16.6. The van der Waals surface area contributed by atoms with E-state index in [4.69, 9.17) is 4.74 Å². The van der Waals surface area contributed by atoms with E-state index in [1.807, 2.05) is 42.5 Å². The first kappa shape index (κ1) is 21.9. The number of carbonyl (C=O) groups excluding carboxylic acids is 2. The molecular weight excluding hydrogens is 404 g/mol. The predicted molar refractivity (Wildman–Crippen MR) is 114 cm³/mol. The Labute approximate surface area is 179 Å². The summed E-state index contributed by atoms with van der Waals surface area (Å²) in [5.74, 6) is -1.73. The van der Waals surface area contributed by atoms with Crippen molar-refractivity contribution in [3.05, 3.63) is 60.2 Å². The molecule has 2 atom stereocenters. The van der Waals surface area contributed by atoms with Crippen LogP contribution >= 0.6 is 11.8 Å². The molecule has 0 aromatic heterocycles. The van der Waals surface area contributed by atoms with Crippen LogP contribution in [0.15, 0.2) is 59.5 Å². The standard InChI is InChI=1S/C22H24N2O5S/c1-29-21(26)14-24-17-9-5-6-10-18(17)30-19(13-20(24)25)23-16(22(27)28)12-11-15-7-3-2-4-8-15/h2-10,16,19,23H,11-14H2,1H3,(H,27,28)/t16-,19?/m1/s1. The summed E-state index contributed by atoms with van der Waals surface area (Å²) in [6.45, 7) is -0.185. The normalized spacial score (nSPS) is 17.0. The Balaban J connectivity index is 1.75. The molecule has 7 nitrogen and oxygen atoms in total. The van der Waals surface area contributed by atoms with Crippen LogP contribution in [0.4, 0.5) is 5.69 Å². The van der Waals surface area contributed by atoms with E-state index in [1.54, 1.807) is 12.1 Å². The Kier molecular flexibility index (Phi) is 7.48. The van der Waals surface area contributed by atoms with Crippen molar-refractivity contribution in [2.75, 3.05) is 18.6 Å². The van der Waals surface area contributed by atoms with Crippen molar-refractivity contribution in [1.29, 1.82) is 0 Å². The van der Waals surface area contributed by atoms with Crippen LogP contribution in [0.3, 0.4) is 0 Å². The van der Waals surface area contributed by atoms with E-state index in [0.29, 0.717) is 18.5 Å². The fourth-order valence-corrected chi connectivity index (χ4v) is 4.52. The summed E-state index contributed by atoms with van der Waals surface area (Å²) in [4.78, 5) is 38.7. The molecule has 158 valence electrons. The molecule has 2 aromatic carbocycles. The lowest BCUT2D eigenvalue weighted by molar-refractivity contribution is -0.140. The van der Waals surface area contributed by atoms with Crippen molar-refractivity contribution in [3.8, 4) is 0 Å². The number of fused-ring (bicyclic) bond motifs is 1. The average molecular weight is 429 g/mol. The van der Waals surface area contributed by atoms with Gasteiger partial charge in [-0.3, -0.25) is 24.6 Å². The molecule has 1 aliphatic rings. The number of aryl methyl sites for hydroxylation is 1. The summed E-state index contributed by atoms with van der Waals surface area (Å²) in [6.07, 6.45) is 1.07. The predicted octanol–water partition coefficient (Wildman–Crippen LogP) is 2.69. The molecule has 0 aliphatic carbocycles. The van der Waals surface area contributed by atoms with Gasteiger partial charge in [0.25, 0.3) is 0 Å². The molecule has 2 N–H and O–H groups in total. The number of amides is 1. The fraction of sp³-hybridized carbons (Fsp3) is 0.318. The molecular formula is C22H24N2O5S. The van der Waals surface area contributed by atoms with E-state index in [-0.39, 0.29) is 18.9 Å². The number of rotatable bonds is 8. The molecule has 0 saturated carbocycles. The summed E-state index contributed by atoms with van der Waals surface area (Å²) < 4.78 is 4.72. The van der Waals surface area contributed by atoms with Crippen LogP contribution in [-0.2, 0) is 25.5 Å². The van der Waals surface area contributed by atoms with E-state index in [2.05, 4.69) is 5.32 Å². The highest BCUT2D eigenvalue weighted by molar-refractivity contribution is 8.00. The van der Waals surface area contributed by atoms with E-state index in [1.165, 1.54) is 23.8 Å². The van der Waals surface area contributed by atoms with Crippen molar-refractivity contribution in [3.63, 3.8) is 0 Å². The maximum Gasteiger partial charge on any atom is 0.325 e. The first-order valence-electron chi connectivity index (χ1n) is 9.63. The molecule has 0 radical (unpaired) electrons. The first-order chi connectivity index (χ1) is 14.5. The number of nitrogens with zero attached hydrogens (tertiary/aromatic N) is 1. The number of hydrogen-bond acceptors (Lipinski definition) is 6. The summed E-state index contributed by atoms with van der Waals surface area (Å²) in [5.41, 5.74) is 1.68. The lowest BCUT2D eigenvalue weighted by atomic mass is 10.1. The highest BCUT2D eigenvalue weighted by Crippen LogP contribution is 2.37. The smallest absolute Gasteiger partial charge is 0.325 e. The zero-order valence-corrected chi connectivity index (χ0v) is 17.4. The second kappa shape index (κ2) is 10.3. The second-order valence-corrected chi connectivity index (χ2v) is 8.16. The van der Waals surface area contributed by atoms with Crippen molar-refractivity contribution in [1.82, 2.24) is 5.32 Å². The van der Waals surface area contributed by atoms with Crippen molar-refractivity contribution in [2.24, 2.45) is 0 Å². The topological polar surface area (TPSA) is 95.9 Å². The van der Waals surface area contributed by atoms with E-state index in [9.17, 15) is 19.5 Å². The molecule has 0 fully saturated rings. The molecule has 3 rings (SSSR count). The number of anilines is 1. The SMILES string of the molecule is COC(=O)CN1C(=O)CC(N[C@H](CCc2ccccc2)C(=O)O)Sc2ccccc21. The van der Waals surface area contributed by atoms with Gasteiger partial charge in [-0.2, -0.15) is 0 Å². The molecule has 1 unspecified atom stereocenters. The van der Waals surface area contributed by atoms with Gasteiger partial charge in [0.15, 0.2) is 0 Å². The van der Waals surface area contributed by atoms with Crippen LogP contribution in [0.2, 0.25) is 0 Å². The van der Waals surface area contributed by atoms with Gasteiger partial charge >= 0.3 is 11.9 Å². The number of carbonyl (C=O) groups is 3. The molecule has 1 heterocycles. The van der Waals surface area contributed by atoms with Crippen LogP contribution in [0.5, 0.6) is 0 Å². The lowest BCUT2D eigenvalue weighted by Crippen LogP contribution is -2.44. The molecule has 1 aliphatic heterocycles. The quantitative estimate of drug-likeness (QED) is 0.624. The Morgan fingerprint density at radius 1 is 1.20 bits per heavy atom. The molecule has 1 amide bonds. The molecule has 0 saturated heterocycles. The molecule has 0 bridgehead atoms. The lowest BCUT2D eigenvalue weighted by Gasteiger charge is -2.22.